The SMILES string of the molecule is CCCn1c(=O)c2ccc(C(=O)NCC(C)C)cc2n2c(=O)n(CC(=O)NC3CCCCC3)nc12. The maximum atomic E-state index is 13.4. The van der Waals surface area contributed by atoms with E-state index in [-0.39, 0.29) is 41.7 Å². The van der Waals surface area contributed by atoms with Crippen LogP contribution in [0.15, 0.2) is 27.8 Å². The van der Waals surface area contributed by atoms with E-state index in [1.807, 2.05) is 20.8 Å². The van der Waals surface area contributed by atoms with E-state index in [0.29, 0.717) is 36.0 Å². The van der Waals surface area contributed by atoms with Crippen molar-refractivity contribution in [1.82, 2.24) is 29.4 Å². The van der Waals surface area contributed by atoms with Crippen molar-refractivity contribution >= 4 is 28.5 Å². The van der Waals surface area contributed by atoms with Crippen LogP contribution in [-0.2, 0) is 17.9 Å². The van der Waals surface area contributed by atoms with Crippen LogP contribution in [0.4, 0.5) is 0 Å². The van der Waals surface area contributed by atoms with Crippen molar-refractivity contribution in [3.63, 3.8) is 0 Å². The Morgan fingerprint density at radius 3 is 2.57 bits per heavy atom. The fraction of sp³-hybridized carbons (Fsp3) is 0.560. The zero-order valence-corrected chi connectivity index (χ0v) is 20.7. The van der Waals surface area contributed by atoms with Gasteiger partial charge < -0.3 is 10.6 Å². The third-order valence-corrected chi connectivity index (χ3v) is 6.42. The van der Waals surface area contributed by atoms with Gasteiger partial charge in [-0.1, -0.05) is 40.0 Å². The molecule has 0 atom stereocenters. The number of aryl methyl sites for hydroxylation is 1. The maximum absolute atomic E-state index is 13.4. The van der Waals surface area contributed by atoms with Crippen LogP contribution in [0.25, 0.3) is 16.7 Å². The van der Waals surface area contributed by atoms with Gasteiger partial charge in [0.25, 0.3) is 11.5 Å². The number of rotatable bonds is 8. The molecule has 1 aliphatic carbocycles. The largest absolute Gasteiger partial charge is 0.352 e. The number of nitrogens with one attached hydrogen (secondary N) is 2. The van der Waals surface area contributed by atoms with E-state index in [1.54, 1.807) is 18.2 Å². The van der Waals surface area contributed by atoms with E-state index in [9.17, 15) is 19.2 Å². The summed E-state index contributed by atoms with van der Waals surface area (Å²) < 4.78 is 3.89. The summed E-state index contributed by atoms with van der Waals surface area (Å²) in [5.74, 6) is -0.101. The Bertz CT molecular complexity index is 1360. The molecule has 188 valence electrons. The van der Waals surface area contributed by atoms with Crippen LogP contribution in [0.1, 0.15) is 69.7 Å². The van der Waals surface area contributed by atoms with Gasteiger partial charge in [0.1, 0.15) is 6.54 Å². The molecule has 0 radical (unpaired) electrons. The van der Waals surface area contributed by atoms with Gasteiger partial charge >= 0.3 is 5.69 Å². The summed E-state index contributed by atoms with van der Waals surface area (Å²) in [7, 11) is 0. The molecule has 4 rings (SSSR count). The second kappa shape index (κ2) is 10.5. The number of amides is 2. The van der Waals surface area contributed by atoms with E-state index in [0.717, 1.165) is 30.4 Å². The summed E-state index contributed by atoms with van der Waals surface area (Å²) in [6.45, 7) is 6.59. The summed E-state index contributed by atoms with van der Waals surface area (Å²) in [5, 5.41) is 10.6. The van der Waals surface area contributed by atoms with Crippen LogP contribution in [0.5, 0.6) is 0 Å². The molecule has 2 heterocycles. The molecule has 1 fully saturated rings. The van der Waals surface area contributed by atoms with Crippen molar-refractivity contribution < 1.29 is 9.59 Å². The minimum atomic E-state index is -0.520. The van der Waals surface area contributed by atoms with Gasteiger partial charge in [-0.15, -0.1) is 5.10 Å². The third-order valence-electron chi connectivity index (χ3n) is 6.42. The highest BCUT2D eigenvalue weighted by Crippen LogP contribution is 2.17. The lowest BCUT2D eigenvalue weighted by molar-refractivity contribution is -0.122. The highest BCUT2D eigenvalue weighted by Gasteiger charge is 2.21. The number of fused-ring (bicyclic) bond motifs is 3. The van der Waals surface area contributed by atoms with Crippen LogP contribution in [0.3, 0.4) is 0 Å². The molecule has 3 aromatic rings. The van der Waals surface area contributed by atoms with Crippen LogP contribution >= 0.6 is 0 Å². The zero-order valence-electron chi connectivity index (χ0n) is 20.7. The van der Waals surface area contributed by atoms with Crippen LogP contribution < -0.4 is 21.9 Å². The molecule has 1 aliphatic rings. The Hall–Kier alpha value is -3.43. The van der Waals surface area contributed by atoms with Crippen LogP contribution in [0.2, 0.25) is 0 Å². The molecule has 2 amide bonds. The number of carbonyl (C=O) groups excluding carboxylic acids is 2. The topological polar surface area (TPSA) is 120 Å². The Morgan fingerprint density at radius 2 is 1.89 bits per heavy atom. The molecule has 0 aliphatic heterocycles. The molecule has 0 spiro atoms. The first-order valence-electron chi connectivity index (χ1n) is 12.5. The van der Waals surface area contributed by atoms with Gasteiger partial charge in [0, 0.05) is 24.7 Å². The Morgan fingerprint density at radius 1 is 1.14 bits per heavy atom. The Labute approximate surface area is 203 Å². The van der Waals surface area contributed by atoms with Gasteiger partial charge in [0.2, 0.25) is 11.7 Å². The first-order chi connectivity index (χ1) is 16.8. The molecular weight excluding hydrogens is 448 g/mol. The van der Waals surface area contributed by atoms with Gasteiger partial charge in [-0.05, 0) is 43.4 Å². The van der Waals surface area contributed by atoms with E-state index < -0.39 is 5.69 Å². The molecule has 2 aromatic heterocycles. The maximum Gasteiger partial charge on any atom is 0.352 e. The van der Waals surface area contributed by atoms with Crippen LogP contribution in [-0.4, -0.2) is 43.1 Å². The minimum Gasteiger partial charge on any atom is -0.352 e. The number of hydrogen-bond acceptors (Lipinski definition) is 5. The lowest BCUT2D eigenvalue weighted by Crippen LogP contribution is -2.40. The first-order valence-corrected chi connectivity index (χ1v) is 12.5. The fourth-order valence-electron chi connectivity index (χ4n) is 4.64. The number of aromatic nitrogens is 4. The highest BCUT2D eigenvalue weighted by atomic mass is 16.2. The number of hydrogen-bond donors (Lipinski definition) is 2. The molecule has 35 heavy (non-hydrogen) atoms. The van der Waals surface area contributed by atoms with Gasteiger partial charge in [-0.25, -0.2) is 13.9 Å². The summed E-state index contributed by atoms with van der Waals surface area (Å²) >= 11 is 0. The van der Waals surface area contributed by atoms with Crippen molar-refractivity contribution in [2.45, 2.75) is 78.4 Å². The number of nitrogens with zero attached hydrogens (tertiary/aromatic N) is 4. The van der Waals surface area contributed by atoms with E-state index in [2.05, 4.69) is 15.7 Å². The lowest BCUT2D eigenvalue weighted by atomic mass is 9.95. The quantitative estimate of drug-likeness (QED) is 0.509. The summed E-state index contributed by atoms with van der Waals surface area (Å²) in [6.07, 6.45) is 5.89. The van der Waals surface area contributed by atoms with E-state index in [4.69, 9.17) is 0 Å². The predicted molar refractivity (Wildman–Crippen MR) is 134 cm³/mol. The fourth-order valence-corrected chi connectivity index (χ4v) is 4.64. The molecule has 2 N–H and O–H groups in total. The van der Waals surface area contributed by atoms with Gasteiger partial charge in [-0.2, -0.15) is 0 Å². The molecule has 1 saturated carbocycles. The monoisotopic (exact) mass is 482 g/mol. The standard InChI is InChI=1S/C25H34N6O4/c1-4-12-29-23(34)19-11-10-17(22(33)26-14-16(2)3)13-20(19)31-24(29)28-30(25(31)35)15-21(32)27-18-8-6-5-7-9-18/h10-11,13,16,18H,4-9,12,14-15H2,1-3H3,(H,26,33)(H,27,32). The summed E-state index contributed by atoms with van der Waals surface area (Å²) in [5.41, 5.74) is -0.152. The summed E-state index contributed by atoms with van der Waals surface area (Å²) in [4.78, 5) is 52.0. The molecule has 10 heteroatoms. The van der Waals surface area contributed by atoms with Crippen molar-refractivity contribution in [2.24, 2.45) is 5.92 Å². The number of benzene rings is 1. The van der Waals surface area contributed by atoms with E-state index in [1.165, 1.54) is 15.4 Å². The molecule has 0 unspecified atom stereocenters. The number of carbonyl (C=O) groups is 2. The smallest absolute Gasteiger partial charge is 0.352 e. The van der Waals surface area contributed by atoms with Gasteiger partial charge in [0.15, 0.2) is 0 Å². The normalized spacial score (nSPS) is 14.6. The van der Waals surface area contributed by atoms with Crippen molar-refractivity contribution in [3.05, 3.63) is 44.6 Å². The van der Waals surface area contributed by atoms with E-state index >= 15 is 0 Å². The molecular formula is C25H34N6O4. The first kappa shape index (κ1) is 24.7. The Kier molecular flexibility index (Phi) is 7.37. The van der Waals surface area contributed by atoms with Crippen molar-refractivity contribution in [1.29, 1.82) is 0 Å². The van der Waals surface area contributed by atoms with Crippen LogP contribution in [0, 0.1) is 5.92 Å². The Balaban J connectivity index is 1.77. The minimum absolute atomic E-state index is 0.120. The molecule has 1 aromatic carbocycles. The van der Waals surface area contributed by atoms with Gasteiger partial charge in [-0.3, -0.25) is 19.0 Å². The van der Waals surface area contributed by atoms with Crippen molar-refractivity contribution in [3.8, 4) is 0 Å². The predicted octanol–water partition coefficient (Wildman–Crippen LogP) is 2.06. The lowest BCUT2D eigenvalue weighted by Gasteiger charge is -2.22. The molecule has 10 nitrogen and oxygen atoms in total. The summed E-state index contributed by atoms with van der Waals surface area (Å²) in [6, 6.07) is 4.84. The highest BCUT2D eigenvalue weighted by molar-refractivity contribution is 5.98. The van der Waals surface area contributed by atoms with Gasteiger partial charge in [0.05, 0.1) is 10.9 Å². The average molecular weight is 483 g/mol. The zero-order chi connectivity index (χ0) is 25.1. The third kappa shape index (κ3) is 5.16. The molecule has 0 bridgehead atoms. The average Bonchev–Trinajstić information content (AvgIpc) is 3.16. The van der Waals surface area contributed by atoms with Crippen molar-refractivity contribution in [2.75, 3.05) is 6.54 Å². The second-order valence-corrected chi connectivity index (χ2v) is 9.77. The second-order valence-electron chi connectivity index (χ2n) is 9.77. The molecule has 0 saturated heterocycles.